The van der Waals surface area contributed by atoms with E-state index in [9.17, 15) is 13.5 Å². The fourth-order valence-corrected chi connectivity index (χ4v) is 3.83. The van der Waals surface area contributed by atoms with E-state index in [1.54, 1.807) is 24.3 Å². The Labute approximate surface area is 182 Å². The van der Waals surface area contributed by atoms with Crippen LogP contribution in [0.2, 0.25) is 0 Å². The third kappa shape index (κ3) is 7.79. The summed E-state index contributed by atoms with van der Waals surface area (Å²) in [5.41, 5.74) is 0.994. The fraction of sp³-hybridized carbons (Fsp3) is 0.273. The van der Waals surface area contributed by atoms with Crippen molar-refractivity contribution in [3.8, 4) is 0 Å². The number of benzene rings is 1. The van der Waals surface area contributed by atoms with Gasteiger partial charge in [-0.2, -0.15) is 0 Å². The van der Waals surface area contributed by atoms with Crippen molar-refractivity contribution >= 4 is 10.0 Å². The second-order valence-corrected chi connectivity index (χ2v) is 8.54. The summed E-state index contributed by atoms with van der Waals surface area (Å²) in [4.78, 5) is 0.200. The summed E-state index contributed by atoms with van der Waals surface area (Å²) in [6.45, 7) is 5.63. The van der Waals surface area contributed by atoms with Crippen molar-refractivity contribution in [2.45, 2.75) is 37.8 Å². The molecule has 1 aromatic rings. The molecule has 0 amide bonds. The molecule has 2 unspecified atom stereocenters. The zero-order valence-electron chi connectivity index (χ0n) is 16.3. The van der Waals surface area contributed by atoms with Gasteiger partial charge in [-0.15, -0.1) is 0 Å². The fourth-order valence-electron chi connectivity index (χ4n) is 2.59. The minimum Gasteiger partial charge on any atom is -0.391 e. The van der Waals surface area contributed by atoms with Gasteiger partial charge in [-0.05, 0) is 82.8 Å². The number of sulfonamides is 1. The van der Waals surface area contributed by atoms with Crippen LogP contribution in [0.15, 0.2) is 29.2 Å². The first-order valence-electron chi connectivity index (χ1n) is 8.96. The van der Waals surface area contributed by atoms with E-state index in [0.29, 0.717) is 0 Å². The first-order chi connectivity index (χ1) is 12.8. The number of nitrogens with one attached hydrogen (secondary N) is 1. The summed E-state index contributed by atoms with van der Waals surface area (Å²) in [5.74, 6) is 0.692. The molecule has 150 valence electrons. The third-order valence-electron chi connectivity index (χ3n) is 4.24. The van der Waals surface area contributed by atoms with Gasteiger partial charge in [-0.3, -0.25) is 0 Å². The Morgan fingerprint density at radius 1 is 0.857 bits per heavy atom. The average Bonchev–Trinajstić information content (AvgIpc) is 3.35. The molecule has 10 radical (unpaired) electrons. The minimum atomic E-state index is -3.69. The molecule has 2 N–H and O–H groups in total. The predicted molar refractivity (Wildman–Crippen MR) is 108 cm³/mol. The Bertz CT molecular complexity index is 641. The molecule has 2 saturated carbocycles. The Hall–Kier alpha value is -0.391. The van der Waals surface area contributed by atoms with Crippen molar-refractivity contribution in [1.82, 2.24) is 4.72 Å². The average molecular weight is 441 g/mol. The van der Waals surface area contributed by atoms with Gasteiger partial charge >= 0.3 is 17.1 Å². The zero-order valence-corrected chi connectivity index (χ0v) is 18.2. The molecular weight excluding hydrogens is 414 g/mol. The quantitative estimate of drug-likeness (QED) is 0.667. The Morgan fingerprint density at radius 2 is 1.32 bits per heavy atom. The van der Waals surface area contributed by atoms with Crippen molar-refractivity contribution in [3.05, 3.63) is 93.5 Å². The summed E-state index contributed by atoms with van der Waals surface area (Å²) in [7, 11) is -3.69. The topological polar surface area (TPSA) is 66.4 Å². The molecule has 0 saturated heterocycles. The van der Waals surface area contributed by atoms with Crippen LogP contribution in [0.4, 0.5) is 0 Å². The molecule has 0 aliphatic heterocycles. The summed E-state index contributed by atoms with van der Waals surface area (Å²) in [6.07, 6.45) is 16.5. The molecule has 2 aliphatic carbocycles. The number of aryl methyl sites for hydroxylation is 1. The number of hydrogen-bond donors (Lipinski definition) is 2. The number of aliphatic hydroxyl groups is 1. The largest absolute Gasteiger partial charge is 2.00 e. The number of aliphatic hydroxyl groups excluding tert-OH is 1. The molecule has 3 rings (SSSR count). The van der Waals surface area contributed by atoms with E-state index < -0.39 is 22.2 Å². The van der Waals surface area contributed by atoms with Crippen LogP contribution >= 0.6 is 0 Å². The van der Waals surface area contributed by atoms with Gasteiger partial charge in [0.1, 0.15) is 0 Å². The van der Waals surface area contributed by atoms with Crippen LogP contribution < -0.4 is 4.72 Å². The van der Waals surface area contributed by atoms with Gasteiger partial charge in [0.05, 0.1) is 17.0 Å². The monoisotopic (exact) mass is 441 g/mol. The second kappa shape index (κ2) is 12.3. The van der Waals surface area contributed by atoms with Crippen LogP contribution in [0.25, 0.3) is 0 Å². The van der Waals surface area contributed by atoms with Crippen LogP contribution in [0.1, 0.15) is 19.4 Å². The van der Waals surface area contributed by atoms with E-state index in [1.165, 1.54) is 0 Å². The van der Waals surface area contributed by atoms with Crippen molar-refractivity contribution in [3.63, 3.8) is 0 Å². The molecule has 4 nitrogen and oxygen atoms in total. The normalized spacial score (nSPS) is 19.6. The van der Waals surface area contributed by atoms with E-state index in [0.717, 1.165) is 11.5 Å². The Balaban J connectivity index is 0.000000567. The maximum Gasteiger partial charge on any atom is 2.00 e. The predicted octanol–water partition coefficient (Wildman–Crippen LogP) is 3.08. The second-order valence-electron chi connectivity index (χ2n) is 6.83. The van der Waals surface area contributed by atoms with Crippen molar-refractivity contribution in [1.29, 1.82) is 0 Å². The summed E-state index contributed by atoms with van der Waals surface area (Å²) in [5, 5.41) is 10.4. The van der Waals surface area contributed by atoms with E-state index in [2.05, 4.69) is 4.72 Å². The molecule has 2 atom stereocenters. The Morgan fingerprint density at radius 3 is 1.75 bits per heavy atom. The van der Waals surface area contributed by atoms with Crippen molar-refractivity contribution in [2.24, 2.45) is 5.92 Å². The molecule has 1 aromatic carbocycles. The summed E-state index contributed by atoms with van der Waals surface area (Å²) >= 11 is 0. The van der Waals surface area contributed by atoms with Crippen LogP contribution in [-0.2, 0) is 27.1 Å². The smallest absolute Gasteiger partial charge is 0.391 e. The molecule has 6 heteroatoms. The molecular formula is C22H27FeNO3S+2. The molecule has 2 aliphatic rings. The molecule has 28 heavy (non-hydrogen) atoms. The van der Waals surface area contributed by atoms with Crippen LogP contribution in [0, 0.1) is 76.5 Å². The summed E-state index contributed by atoms with van der Waals surface area (Å²) < 4.78 is 27.7. The molecule has 0 aromatic heterocycles. The summed E-state index contributed by atoms with van der Waals surface area (Å²) in [6, 6.07) is 5.99. The standard InChI is InChI=1S/C17H22NO3S.C5H5.Fe/c1-12(2)17(19)16(14-6-4-5-7-14)18-22(20,21)15-10-8-13(3)9-11-15;1-2-4-5-3-1;/h4-12,16-19H,1-3H3;1-5H;/q;;+2. The van der Waals surface area contributed by atoms with Crippen LogP contribution in [0.5, 0.6) is 0 Å². The van der Waals surface area contributed by atoms with Gasteiger partial charge in [0.25, 0.3) is 0 Å². The molecule has 0 bridgehead atoms. The first-order valence-corrected chi connectivity index (χ1v) is 10.4. The van der Waals surface area contributed by atoms with E-state index in [1.807, 2.05) is 78.6 Å². The van der Waals surface area contributed by atoms with Gasteiger partial charge in [0.2, 0.25) is 10.0 Å². The maximum atomic E-state index is 12.6. The van der Waals surface area contributed by atoms with Gasteiger partial charge in [0, 0.05) is 5.92 Å². The molecule has 0 heterocycles. The van der Waals surface area contributed by atoms with Gasteiger partial charge in [-0.1, -0.05) is 31.5 Å². The van der Waals surface area contributed by atoms with Gasteiger partial charge in [-0.25, -0.2) is 13.1 Å². The van der Waals surface area contributed by atoms with Crippen LogP contribution in [0.3, 0.4) is 0 Å². The Kier molecular flexibility index (Phi) is 11.3. The van der Waals surface area contributed by atoms with Gasteiger partial charge < -0.3 is 5.11 Å². The van der Waals surface area contributed by atoms with E-state index in [4.69, 9.17) is 0 Å². The number of hydrogen-bond acceptors (Lipinski definition) is 3. The number of rotatable bonds is 6. The zero-order chi connectivity index (χ0) is 19.9. The van der Waals surface area contributed by atoms with Crippen molar-refractivity contribution in [2.75, 3.05) is 0 Å². The third-order valence-corrected chi connectivity index (χ3v) is 5.70. The van der Waals surface area contributed by atoms with Crippen LogP contribution in [-0.4, -0.2) is 25.7 Å². The molecule has 0 spiro atoms. The van der Waals surface area contributed by atoms with E-state index >= 15 is 0 Å². The maximum absolute atomic E-state index is 12.6. The minimum absolute atomic E-state index is 0. The first kappa shape index (κ1) is 25.6. The van der Waals surface area contributed by atoms with Crippen molar-refractivity contribution < 1.29 is 30.6 Å². The molecule has 2 fully saturated rings. The van der Waals surface area contributed by atoms with Gasteiger partial charge in [0.15, 0.2) is 0 Å². The van der Waals surface area contributed by atoms with E-state index in [-0.39, 0.29) is 27.9 Å². The SMILES string of the molecule is Cc1ccc(S(=O)(=O)NC([C]2[CH][CH][CH][CH]2)C(O)C(C)C)cc1.[CH]1[CH][CH][CH][CH]1.[Fe+2].